The van der Waals surface area contributed by atoms with Crippen molar-refractivity contribution in [3.8, 4) is 5.75 Å². The van der Waals surface area contributed by atoms with Crippen LogP contribution in [0.2, 0.25) is 0 Å². The van der Waals surface area contributed by atoms with Crippen LogP contribution in [0.3, 0.4) is 0 Å². The lowest BCUT2D eigenvalue weighted by molar-refractivity contribution is -0.187. The smallest absolute Gasteiger partial charge is 0.431 e. The van der Waals surface area contributed by atoms with Crippen molar-refractivity contribution in [2.45, 2.75) is 71.8 Å². The predicted molar refractivity (Wildman–Crippen MR) is 128 cm³/mol. The van der Waals surface area contributed by atoms with E-state index in [-0.39, 0.29) is 28.2 Å². The van der Waals surface area contributed by atoms with Crippen LogP contribution in [0.15, 0.2) is 48.5 Å². The van der Waals surface area contributed by atoms with E-state index in [1.165, 1.54) is 30.3 Å². The largest absolute Gasteiger partial charge is 0.514 e. The zero-order valence-electron chi connectivity index (χ0n) is 20.4. The number of Topliss-reactive ketones (excluding diaryl/α,β-unsaturated/α-hetero) is 1. The quantitative estimate of drug-likeness (QED) is 0.0842. The minimum absolute atomic E-state index is 0.162. The molecule has 35 heavy (non-hydrogen) atoms. The molecule has 0 aliphatic heterocycles. The summed E-state index contributed by atoms with van der Waals surface area (Å²) >= 11 is 0. The van der Waals surface area contributed by atoms with Gasteiger partial charge in [0, 0.05) is 12.0 Å². The minimum Gasteiger partial charge on any atom is -0.431 e. The summed E-state index contributed by atoms with van der Waals surface area (Å²) in [6, 6.07) is 12.0. The zero-order chi connectivity index (χ0) is 25.6. The summed E-state index contributed by atoms with van der Waals surface area (Å²) in [6.07, 6.45) is 4.43. The maximum Gasteiger partial charge on any atom is 0.514 e. The fourth-order valence-corrected chi connectivity index (χ4v) is 3.09. The number of rotatable bonds is 12. The molecule has 1 atom stereocenters. The number of carbonyl (C=O) groups excluding carboxylic acids is 4. The second-order valence-electron chi connectivity index (χ2n) is 8.09. The monoisotopic (exact) mass is 484 g/mol. The van der Waals surface area contributed by atoms with Crippen LogP contribution in [-0.4, -0.2) is 30.0 Å². The van der Waals surface area contributed by atoms with Crippen LogP contribution >= 0.6 is 0 Å². The molecule has 8 nitrogen and oxygen atoms in total. The van der Waals surface area contributed by atoms with Gasteiger partial charge < -0.3 is 9.47 Å². The maximum atomic E-state index is 12.7. The van der Waals surface area contributed by atoms with Gasteiger partial charge in [0.15, 0.2) is 5.78 Å². The highest BCUT2D eigenvalue weighted by Gasteiger charge is 2.23. The molecule has 0 aliphatic rings. The average Bonchev–Trinajstić information content (AvgIpc) is 2.87. The summed E-state index contributed by atoms with van der Waals surface area (Å²) in [6.45, 7) is 5.65. The Labute approximate surface area is 205 Å². The molecule has 0 heterocycles. The molecule has 0 N–H and O–H groups in total. The van der Waals surface area contributed by atoms with Gasteiger partial charge in [-0.3, -0.25) is 4.79 Å². The lowest BCUT2D eigenvalue weighted by Gasteiger charge is -2.13. The Morgan fingerprint density at radius 2 is 1.49 bits per heavy atom. The Balaban J connectivity index is 2.16. The highest BCUT2D eigenvalue weighted by molar-refractivity contribution is 6.01. The van der Waals surface area contributed by atoms with E-state index in [0.717, 1.165) is 32.1 Å². The summed E-state index contributed by atoms with van der Waals surface area (Å²) < 4.78 is 10.3. The Hall–Kier alpha value is -3.68. The van der Waals surface area contributed by atoms with Gasteiger partial charge in [0.25, 0.3) is 0 Å². The van der Waals surface area contributed by atoms with Crippen LogP contribution in [0, 0.1) is 0 Å². The van der Waals surface area contributed by atoms with Crippen LogP contribution in [0.1, 0.15) is 96.8 Å². The van der Waals surface area contributed by atoms with Gasteiger partial charge in [-0.25, -0.2) is 24.2 Å². The van der Waals surface area contributed by atoms with Crippen molar-refractivity contribution < 1.29 is 38.4 Å². The van der Waals surface area contributed by atoms with Gasteiger partial charge in [-0.15, -0.1) is 0 Å². The van der Waals surface area contributed by atoms with Crippen LogP contribution in [0.5, 0.6) is 5.75 Å². The van der Waals surface area contributed by atoms with Crippen LogP contribution in [-0.2, 0) is 14.5 Å². The molecule has 2 aromatic rings. The zero-order valence-corrected chi connectivity index (χ0v) is 20.4. The molecular weight excluding hydrogens is 452 g/mol. The van der Waals surface area contributed by atoms with Gasteiger partial charge in [-0.2, -0.15) is 0 Å². The van der Waals surface area contributed by atoms with Crippen LogP contribution in [0.25, 0.3) is 0 Å². The van der Waals surface area contributed by atoms with Gasteiger partial charge in [0.1, 0.15) is 17.4 Å². The first-order valence-corrected chi connectivity index (χ1v) is 11.9. The topological polar surface area (TPSA) is 105 Å². The van der Waals surface area contributed by atoms with Crippen molar-refractivity contribution in [1.82, 2.24) is 0 Å². The fraction of sp³-hybridized carbons (Fsp3) is 0.407. The molecule has 0 saturated carbocycles. The van der Waals surface area contributed by atoms with Gasteiger partial charge in [-0.05, 0) is 50.1 Å². The van der Waals surface area contributed by atoms with Gasteiger partial charge in [-0.1, -0.05) is 57.7 Å². The minimum atomic E-state index is -1.10. The van der Waals surface area contributed by atoms with Crippen molar-refractivity contribution in [3.63, 3.8) is 0 Å². The molecule has 0 bridgehead atoms. The third-order valence-corrected chi connectivity index (χ3v) is 5.30. The first kappa shape index (κ1) is 27.6. The lowest BCUT2D eigenvalue weighted by atomic mass is 10.0. The van der Waals surface area contributed by atoms with Crippen molar-refractivity contribution in [1.29, 1.82) is 0 Å². The van der Waals surface area contributed by atoms with Crippen molar-refractivity contribution in [2.24, 2.45) is 0 Å². The maximum absolute atomic E-state index is 12.7. The predicted octanol–water partition coefficient (Wildman–Crippen LogP) is 6.47. The van der Waals surface area contributed by atoms with E-state index in [9.17, 15) is 19.2 Å². The first-order chi connectivity index (χ1) is 16.8. The highest BCUT2D eigenvalue weighted by atomic mass is 17.2. The van der Waals surface area contributed by atoms with E-state index in [0.29, 0.717) is 12.8 Å². The molecule has 0 aliphatic carbocycles. The number of carbonyl (C=O) groups is 4. The summed E-state index contributed by atoms with van der Waals surface area (Å²) in [5.41, 5.74) is 0.189. The summed E-state index contributed by atoms with van der Waals surface area (Å²) in [4.78, 5) is 58.9. The molecule has 0 spiro atoms. The molecule has 0 saturated heterocycles. The lowest BCUT2D eigenvalue weighted by Crippen LogP contribution is -2.19. The number of hydrogen-bond acceptors (Lipinski definition) is 8. The molecule has 8 heteroatoms. The highest BCUT2D eigenvalue weighted by Crippen LogP contribution is 2.24. The summed E-state index contributed by atoms with van der Waals surface area (Å²) in [7, 11) is 0. The molecular formula is C27H32O8. The first-order valence-electron chi connectivity index (χ1n) is 11.9. The van der Waals surface area contributed by atoms with E-state index < -0.39 is 24.2 Å². The van der Waals surface area contributed by atoms with E-state index in [1.807, 2.05) is 6.92 Å². The van der Waals surface area contributed by atoms with E-state index >= 15 is 0 Å². The molecule has 2 rings (SSSR count). The number of unbranched alkanes of at least 4 members (excludes halogenated alkanes) is 4. The van der Waals surface area contributed by atoms with Crippen molar-refractivity contribution in [3.05, 3.63) is 65.2 Å². The second-order valence-corrected chi connectivity index (χ2v) is 8.09. The molecule has 0 radical (unpaired) electrons. The fourth-order valence-electron chi connectivity index (χ4n) is 3.09. The van der Waals surface area contributed by atoms with Crippen LogP contribution in [0.4, 0.5) is 4.79 Å². The van der Waals surface area contributed by atoms with E-state index in [1.54, 1.807) is 25.1 Å². The molecule has 0 fully saturated rings. The molecule has 188 valence electrons. The van der Waals surface area contributed by atoms with Gasteiger partial charge in [0.05, 0.1) is 5.56 Å². The molecule has 0 amide bonds. The van der Waals surface area contributed by atoms with E-state index in [2.05, 4.69) is 11.8 Å². The third kappa shape index (κ3) is 9.23. The Kier molecular flexibility index (Phi) is 11.5. The Morgan fingerprint density at radius 3 is 2.17 bits per heavy atom. The second kappa shape index (κ2) is 14.6. The van der Waals surface area contributed by atoms with Crippen molar-refractivity contribution >= 4 is 23.9 Å². The Bertz CT molecular complexity index is 999. The molecule has 0 aromatic heterocycles. The SMILES string of the molecule is CCCCCCCC(=O)c1ccc(OC(=O)OC(C)CC)c(C(=O)OOC(=O)c2ccccc2)c1. The van der Waals surface area contributed by atoms with Crippen LogP contribution < -0.4 is 4.74 Å². The number of hydrogen-bond donors (Lipinski definition) is 0. The number of ketones is 1. The molecule has 1 unspecified atom stereocenters. The Morgan fingerprint density at radius 1 is 0.800 bits per heavy atom. The van der Waals surface area contributed by atoms with Gasteiger partial charge >= 0.3 is 18.1 Å². The summed E-state index contributed by atoms with van der Waals surface area (Å²) in [5.74, 6) is -2.32. The number of ether oxygens (including phenoxy) is 2. The number of benzene rings is 2. The van der Waals surface area contributed by atoms with Crippen molar-refractivity contribution in [2.75, 3.05) is 0 Å². The standard InChI is InChI=1S/C27H32O8/c1-4-6-7-8-12-15-23(28)21-16-17-24(33-27(31)32-19(3)5-2)22(18-21)26(30)35-34-25(29)20-13-10-9-11-14-20/h9-11,13-14,16-19H,4-8,12,15H2,1-3H3. The van der Waals surface area contributed by atoms with E-state index in [4.69, 9.17) is 14.4 Å². The third-order valence-electron chi connectivity index (χ3n) is 5.30. The van der Waals surface area contributed by atoms with Gasteiger partial charge in [0.2, 0.25) is 0 Å². The normalized spacial score (nSPS) is 11.3. The molecule has 2 aromatic carbocycles. The average molecular weight is 485 g/mol. The summed E-state index contributed by atoms with van der Waals surface area (Å²) in [5, 5.41) is 0.